The Morgan fingerprint density at radius 3 is 2.77 bits per heavy atom. The Morgan fingerprint density at radius 1 is 1.42 bits per heavy atom. The van der Waals surface area contributed by atoms with Gasteiger partial charge in [-0.2, -0.15) is 5.10 Å². The van der Waals surface area contributed by atoms with Crippen LogP contribution in [0.4, 0.5) is 5.95 Å². The van der Waals surface area contributed by atoms with Crippen LogP contribution in [-0.4, -0.2) is 55.9 Å². The molecule has 3 rings (SSSR count). The number of carboxylic acid groups (broad SMARTS) is 1. The summed E-state index contributed by atoms with van der Waals surface area (Å²) in [5.41, 5.74) is 3.25. The summed E-state index contributed by atoms with van der Waals surface area (Å²) in [5.74, 6) is -0.330. The predicted molar refractivity (Wildman–Crippen MR) is 98.3 cm³/mol. The Labute approximate surface area is 153 Å². The molecule has 2 N–H and O–H groups in total. The quantitative estimate of drug-likeness (QED) is 0.779. The molecule has 0 saturated carbocycles. The number of hydrogen-bond acceptors (Lipinski definition) is 6. The molecule has 0 amide bonds. The third-order valence-electron chi connectivity index (χ3n) is 4.94. The molecule has 1 aliphatic rings. The maximum absolute atomic E-state index is 11.6. The topological polar surface area (TPSA) is 96.2 Å². The van der Waals surface area contributed by atoms with Crippen LogP contribution in [0, 0.1) is 0 Å². The molecule has 1 atom stereocenters. The van der Waals surface area contributed by atoms with Gasteiger partial charge in [-0.05, 0) is 32.7 Å². The van der Waals surface area contributed by atoms with E-state index in [2.05, 4.69) is 39.3 Å². The van der Waals surface area contributed by atoms with Crippen LogP contribution in [0.3, 0.4) is 0 Å². The Balaban J connectivity index is 1.75. The monoisotopic (exact) mass is 358 g/mol. The molecule has 0 bridgehead atoms. The second-order valence-corrected chi connectivity index (χ2v) is 6.78. The van der Waals surface area contributed by atoms with Crippen LogP contribution >= 0.6 is 0 Å². The number of rotatable bonds is 7. The molecule has 2 aromatic rings. The van der Waals surface area contributed by atoms with Gasteiger partial charge in [0.15, 0.2) is 5.69 Å². The molecule has 26 heavy (non-hydrogen) atoms. The van der Waals surface area contributed by atoms with Crippen molar-refractivity contribution in [1.29, 1.82) is 0 Å². The minimum absolute atomic E-state index is 0.216. The SMILES string of the molecule is CCCn1nc(C(=O)O)c2c1CC[C@@H](N(C)Cc1cnc(NC)nc1)C2. The van der Waals surface area contributed by atoms with E-state index in [1.807, 2.05) is 17.1 Å². The molecule has 0 spiro atoms. The Hall–Kier alpha value is -2.48. The van der Waals surface area contributed by atoms with Gasteiger partial charge in [-0.15, -0.1) is 0 Å². The average Bonchev–Trinajstić information content (AvgIpc) is 3.01. The van der Waals surface area contributed by atoms with Crippen LogP contribution in [0.5, 0.6) is 0 Å². The van der Waals surface area contributed by atoms with Crippen molar-refractivity contribution < 1.29 is 9.90 Å². The van der Waals surface area contributed by atoms with E-state index in [-0.39, 0.29) is 11.7 Å². The number of aryl methyl sites for hydroxylation is 1. The molecule has 140 valence electrons. The average molecular weight is 358 g/mol. The van der Waals surface area contributed by atoms with Crippen molar-refractivity contribution in [2.75, 3.05) is 19.4 Å². The zero-order chi connectivity index (χ0) is 18.7. The van der Waals surface area contributed by atoms with Gasteiger partial charge in [0, 0.05) is 55.4 Å². The summed E-state index contributed by atoms with van der Waals surface area (Å²) in [5, 5.41) is 16.8. The summed E-state index contributed by atoms with van der Waals surface area (Å²) in [7, 11) is 3.86. The number of likely N-dealkylation sites (N-methyl/N-ethyl adjacent to an activating group) is 1. The van der Waals surface area contributed by atoms with Gasteiger partial charge in [0.05, 0.1) is 0 Å². The number of aromatic carboxylic acids is 1. The van der Waals surface area contributed by atoms with E-state index in [4.69, 9.17) is 0 Å². The van der Waals surface area contributed by atoms with E-state index in [0.29, 0.717) is 12.4 Å². The van der Waals surface area contributed by atoms with Crippen molar-refractivity contribution in [3.63, 3.8) is 0 Å². The van der Waals surface area contributed by atoms with E-state index in [1.165, 1.54) is 0 Å². The molecule has 1 aliphatic carbocycles. The van der Waals surface area contributed by atoms with Crippen molar-refractivity contribution in [3.8, 4) is 0 Å². The highest BCUT2D eigenvalue weighted by molar-refractivity contribution is 5.87. The molecule has 0 radical (unpaired) electrons. The minimum Gasteiger partial charge on any atom is -0.476 e. The van der Waals surface area contributed by atoms with Crippen molar-refractivity contribution in [2.24, 2.45) is 0 Å². The first kappa shape index (κ1) is 18.3. The van der Waals surface area contributed by atoms with Crippen LogP contribution in [0.2, 0.25) is 0 Å². The van der Waals surface area contributed by atoms with Gasteiger partial charge in [0.25, 0.3) is 0 Å². The van der Waals surface area contributed by atoms with Crippen LogP contribution in [0.1, 0.15) is 47.1 Å². The zero-order valence-electron chi connectivity index (χ0n) is 15.6. The van der Waals surface area contributed by atoms with E-state index < -0.39 is 5.97 Å². The lowest BCUT2D eigenvalue weighted by Gasteiger charge is -2.31. The van der Waals surface area contributed by atoms with Crippen molar-refractivity contribution >= 4 is 11.9 Å². The number of anilines is 1. The predicted octanol–water partition coefficient (Wildman–Crippen LogP) is 1.81. The van der Waals surface area contributed by atoms with Gasteiger partial charge < -0.3 is 10.4 Å². The van der Waals surface area contributed by atoms with E-state index in [9.17, 15) is 9.90 Å². The van der Waals surface area contributed by atoms with Gasteiger partial charge in [-0.25, -0.2) is 14.8 Å². The molecular weight excluding hydrogens is 332 g/mol. The lowest BCUT2D eigenvalue weighted by atomic mass is 9.90. The second-order valence-electron chi connectivity index (χ2n) is 6.78. The fourth-order valence-corrected chi connectivity index (χ4v) is 3.60. The molecular formula is C18H26N6O2. The van der Waals surface area contributed by atoms with Crippen LogP contribution in [-0.2, 0) is 25.9 Å². The third kappa shape index (κ3) is 3.70. The summed E-state index contributed by atoms with van der Waals surface area (Å²) in [4.78, 5) is 22.4. The summed E-state index contributed by atoms with van der Waals surface area (Å²) in [6.07, 6.45) is 7.16. The highest BCUT2D eigenvalue weighted by Crippen LogP contribution is 2.28. The molecule has 2 heterocycles. The van der Waals surface area contributed by atoms with E-state index in [0.717, 1.165) is 49.2 Å². The van der Waals surface area contributed by atoms with Crippen molar-refractivity contribution in [3.05, 3.63) is 34.9 Å². The molecule has 0 aliphatic heterocycles. The number of carboxylic acids is 1. The minimum atomic E-state index is -0.935. The lowest BCUT2D eigenvalue weighted by molar-refractivity contribution is 0.0687. The molecule has 8 heteroatoms. The number of aromatic nitrogens is 4. The standard InChI is InChI=1S/C18H26N6O2/c1-4-7-24-15-6-5-13(8-14(15)16(22-24)17(25)26)23(3)11-12-9-20-18(19-2)21-10-12/h9-10,13H,4-8,11H2,1-3H3,(H,25,26)(H,19,20,21)/t13-/m1/s1. The van der Waals surface area contributed by atoms with Gasteiger partial charge in [-0.1, -0.05) is 6.92 Å². The molecule has 0 saturated heterocycles. The number of hydrogen-bond donors (Lipinski definition) is 2. The van der Waals surface area contributed by atoms with Crippen LogP contribution in [0.25, 0.3) is 0 Å². The zero-order valence-corrected chi connectivity index (χ0v) is 15.6. The number of nitrogens with zero attached hydrogens (tertiary/aromatic N) is 5. The van der Waals surface area contributed by atoms with E-state index in [1.54, 1.807) is 7.05 Å². The first-order chi connectivity index (χ1) is 12.5. The van der Waals surface area contributed by atoms with Crippen LogP contribution < -0.4 is 5.32 Å². The van der Waals surface area contributed by atoms with Gasteiger partial charge in [-0.3, -0.25) is 9.58 Å². The molecule has 0 unspecified atom stereocenters. The maximum Gasteiger partial charge on any atom is 0.356 e. The fraction of sp³-hybridized carbons (Fsp3) is 0.556. The van der Waals surface area contributed by atoms with E-state index >= 15 is 0 Å². The summed E-state index contributed by atoms with van der Waals surface area (Å²) < 4.78 is 1.89. The summed E-state index contributed by atoms with van der Waals surface area (Å²) >= 11 is 0. The van der Waals surface area contributed by atoms with Crippen molar-refractivity contribution in [2.45, 2.75) is 51.7 Å². The van der Waals surface area contributed by atoms with Gasteiger partial charge >= 0.3 is 5.97 Å². The van der Waals surface area contributed by atoms with Crippen LogP contribution in [0.15, 0.2) is 12.4 Å². The molecule has 0 aromatic carbocycles. The van der Waals surface area contributed by atoms with Crippen molar-refractivity contribution in [1.82, 2.24) is 24.6 Å². The smallest absolute Gasteiger partial charge is 0.356 e. The fourth-order valence-electron chi connectivity index (χ4n) is 3.60. The molecule has 2 aromatic heterocycles. The summed E-state index contributed by atoms with van der Waals surface area (Å²) in [6, 6.07) is 0.281. The second kappa shape index (κ2) is 7.82. The highest BCUT2D eigenvalue weighted by Gasteiger charge is 2.30. The first-order valence-corrected chi connectivity index (χ1v) is 9.04. The number of nitrogens with one attached hydrogen (secondary N) is 1. The third-order valence-corrected chi connectivity index (χ3v) is 4.94. The maximum atomic E-state index is 11.6. The largest absolute Gasteiger partial charge is 0.476 e. The Bertz CT molecular complexity index is 771. The molecule has 0 fully saturated rings. The lowest BCUT2D eigenvalue weighted by Crippen LogP contribution is -2.36. The number of fused-ring (bicyclic) bond motifs is 1. The summed E-state index contributed by atoms with van der Waals surface area (Å²) in [6.45, 7) is 3.58. The van der Waals surface area contributed by atoms with Gasteiger partial charge in [0.2, 0.25) is 5.95 Å². The Morgan fingerprint density at radius 2 is 2.15 bits per heavy atom. The first-order valence-electron chi connectivity index (χ1n) is 9.04. The highest BCUT2D eigenvalue weighted by atomic mass is 16.4. The normalized spacial score (nSPS) is 16.5. The van der Waals surface area contributed by atoms with Gasteiger partial charge in [0.1, 0.15) is 0 Å². The Kier molecular flexibility index (Phi) is 5.51. The molecule has 8 nitrogen and oxygen atoms in total. The number of carbonyl (C=O) groups is 1.